The number of anilines is 1. The van der Waals surface area contributed by atoms with Gasteiger partial charge in [-0.2, -0.15) is 0 Å². The van der Waals surface area contributed by atoms with E-state index in [4.69, 9.17) is 0 Å². The van der Waals surface area contributed by atoms with Crippen LogP contribution in [0.5, 0.6) is 0 Å². The molecule has 0 radical (unpaired) electrons. The molecule has 4 heteroatoms. The molecule has 0 bridgehead atoms. The minimum absolute atomic E-state index is 0.209. The van der Waals surface area contributed by atoms with Gasteiger partial charge in [-0.1, -0.05) is 37.1 Å². The molecule has 1 aromatic carbocycles. The Morgan fingerprint density at radius 2 is 1.91 bits per heavy atom. The lowest BCUT2D eigenvalue weighted by Crippen LogP contribution is -2.35. The van der Waals surface area contributed by atoms with Gasteiger partial charge in [-0.3, -0.25) is 9.59 Å². The summed E-state index contributed by atoms with van der Waals surface area (Å²) < 4.78 is 0. The Labute approximate surface area is 131 Å². The molecule has 2 unspecified atom stereocenters. The molecule has 0 aliphatic heterocycles. The molecule has 2 N–H and O–H groups in total. The highest BCUT2D eigenvalue weighted by atomic mass is 16.4. The fourth-order valence-electron chi connectivity index (χ4n) is 2.89. The molecule has 118 valence electrons. The number of rotatable bonds is 5. The number of nitrogens with one attached hydrogen (secondary N) is 1. The Balaban J connectivity index is 2.05. The van der Waals surface area contributed by atoms with Crippen molar-refractivity contribution in [3.8, 4) is 0 Å². The third-order valence-electron chi connectivity index (χ3n) is 4.16. The second kappa shape index (κ2) is 7.25. The lowest BCUT2D eigenvalue weighted by Gasteiger charge is -2.26. The lowest BCUT2D eigenvalue weighted by atomic mass is 9.79. The number of carboxylic acids is 1. The van der Waals surface area contributed by atoms with Gasteiger partial charge in [0.2, 0.25) is 5.91 Å². The number of allylic oxidation sites excluding steroid dienone is 2. The molecular weight excluding hydrogens is 278 g/mol. The third-order valence-corrected chi connectivity index (χ3v) is 4.16. The van der Waals surface area contributed by atoms with Crippen molar-refractivity contribution < 1.29 is 14.7 Å². The van der Waals surface area contributed by atoms with Crippen molar-refractivity contribution in [3.63, 3.8) is 0 Å². The van der Waals surface area contributed by atoms with Gasteiger partial charge < -0.3 is 10.4 Å². The summed E-state index contributed by atoms with van der Waals surface area (Å²) in [6, 6.07) is 7.75. The van der Waals surface area contributed by atoms with Crippen LogP contribution in [0.2, 0.25) is 0 Å². The van der Waals surface area contributed by atoms with Gasteiger partial charge in [-0.05, 0) is 43.9 Å². The van der Waals surface area contributed by atoms with Gasteiger partial charge in [0, 0.05) is 5.69 Å². The zero-order chi connectivity index (χ0) is 16.1. The number of amides is 1. The van der Waals surface area contributed by atoms with Crippen LogP contribution in [-0.4, -0.2) is 17.0 Å². The number of aliphatic carboxylic acids is 1. The Bertz CT molecular complexity index is 574. The number of carbonyl (C=O) groups excluding carboxylic acids is 1. The summed E-state index contributed by atoms with van der Waals surface area (Å²) in [7, 11) is 0. The largest absolute Gasteiger partial charge is 0.481 e. The van der Waals surface area contributed by atoms with Gasteiger partial charge in [-0.15, -0.1) is 0 Å². The maximum Gasteiger partial charge on any atom is 0.307 e. The number of hydrogen-bond acceptors (Lipinski definition) is 2. The Hall–Kier alpha value is -2.10. The summed E-state index contributed by atoms with van der Waals surface area (Å²) in [6.07, 6.45) is 5.00. The van der Waals surface area contributed by atoms with Crippen LogP contribution < -0.4 is 5.32 Å². The number of benzene rings is 1. The van der Waals surface area contributed by atoms with E-state index in [9.17, 15) is 14.7 Å². The number of carbonyl (C=O) groups is 2. The van der Waals surface area contributed by atoms with Gasteiger partial charge in [0.15, 0.2) is 0 Å². The minimum atomic E-state index is -0.897. The topological polar surface area (TPSA) is 66.4 Å². The van der Waals surface area contributed by atoms with E-state index in [1.54, 1.807) is 0 Å². The lowest BCUT2D eigenvalue weighted by molar-refractivity contribution is -0.146. The molecule has 1 aliphatic carbocycles. The van der Waals surface area contributed by atoms with Crippen LogP contribution in [0.1, 0.15) is 38.7 Å². The van der Waals surface area contributed by atoms with E-state index >= 15 is 0 Å². The van der Waals surface area contributed by atoms with Crippen LogP contribution in [0, 0.1) is 11.8 Å². The van der Waals surface area contributed by atoms with Crippen molar-refractivity contribution in [1.82, 2.24) is 0 Å². The first-order valence-corrected chi connectivity index (χ1v) is 7.79. The molecule has 0 spiro atoms. The first-order chi connectivity index (χ1) is 10.5. The molecule has 2 rings (SSSR count). The summed E-state index contributed by atoms with van der Waals surface area (Å²) >= 11 is 0. The second-order valence-electron chi connectivity index (χ2n) is 5.98. The average Bonchev–Trinajstić information content (AvgIpc) is 2.49. The quantitative estimate of drug-likeness (QED) is 0.816. The van der Waals surface area contributed by atoms with E-state index in [1.807, 2.05) is 37.3 Å². The van der Waals surface area contributed by atoms with Crippen molar-refractivity contribution in [1.29, 1.82) is 0 Å². The van der Waals surface area contributed by atoms with Gasteiger partial charge in [0.1, 0.15) is 0 Å². The molecule has 0 saturated carbocycles. The zero-order valence-electron chi connectivity index (χ0n) is 13.1. The Morgan fingerprint density at radius 3 is 2.50 bits per heavy atom. The van der Waals surface area contributed by atoms with Gasteiger partial charge in [-0.25, -0.2) is 0 Å². The van der Waals surface area contributed by atoms with E-state index in [0.717, 1.165) is 24.1 Å². The highest BCUT2D eigenvalue weighted by Gasteiger charge is 2.35. The van der Waals surface area contributed by atoms with E-state index in [-0.39, 0.29) is 5.91 Å². The van der Waals surface area contributed by atoms with Crippen molar-refractivity contribution in [2.45, 2.75) is 39.5 Å². The predicted molar refractivity (Wildman–Crippen MR) is 86.7 cm³/mol. The molecule has 22 heavy (non-hydrogen) atoms. The van der Waals surface area contributed by atoms with Crippen molar-refractivity contribution >= 4 is 17.6 Å². The van der Waals surface area contributed by atoms with E-state index < -0.39 is 17.8 Å². The first kappa shape index (κ1) is 16.3. The van der Waals surface area contributed by atoms with Crippen LogP contribution in [0.4, 0.5) is 5.69 Å². The summed E-state index contributed by atoms with van der Waals surface area (Å²) in [6.45, 7) is 4.04. The summed E-state index contributed by atoms with van der Waals surface area (Å²) in [4.78, 5) is 23.8. The zero-order valence-corrected chi connectivity index (χ0v) is 13.1. The van der Waals surface area contributed by atoms with Crippen LogP contribution in [-0.2, 0) is 16.0 Å². The molecule has 0 saturated heterocycles. The van der Waals surface area contributed by atoms with Crippen LogP contribution >= 0.6 is 0 Å². The Morgan fingerprint density at radius 1 is 1.23 bits per heavy atom. The normalized spacial score (nSPS) is 21.1. The van der Waals surface area contributed by atoms with Crippen LogP contribution in [0.25, 0.3) is 0 Å². The van der Waals surface area contributed by atoms with Gasteiger partial charge in [0.25, 0.3) is 0 Å². The average molecular weight is 301 g/mol. The monoisotopic (exact) mass is 301 g/mol. The first-order valence-electron chi connectivity index (χ1n) is 7.79. The van der Waals surface area contributed by atoms with E-state index in [2.05, 4.69) is 12.2 Å². The smallest absolute Gasteiger partial charge is 0.307 e. The maximum atomic E-state index is 12.4. The summed E-state index contributed by atoms with van der Waals surface area (Å²) in [5.74, 6) is -2.24. The number of carboxylic acid groups (broad SMARTS) is 1. The molecule has 0 fully saturated rings. The molecule has 4 nitrogen and oxygen atoms in total. The molecule has 0 heterocycles. The molecule has 1 amide bonds. The molecule has 2 atom stereocenters. The number of aryl methyl sites for hydroxylation is 1. The molecular formula is C18H23NO3. The van der Waals surface area contributed by atoms with Crippen LogP contribution in [0.15, 0.2) is 35.9 Å². The van der Waals surface area contributed by atoms with Crippen LogP contribution in [0.3, 0.4) is 0 Å². The SMILES string of the molecule is CCCc1ccc(NC(=O)C2CC=C(C)CC2C(=O)O)cc1. The highest BCUT2D eigenvalue weighted by Crippen LogP contribution is 2.31. The second-order valence-corrected chi connectivity index (χ2v) is 5.98. The fraction of sp³-hybridized carbons (Fsp3) is 0.444. The highest BCUT2D eigenvalue weighted by molar-refractivity contribution is 5.95. The van der Waals surface area contributed by atoms with Gasteiger partial charge in [0.05, 0.1) is 11.8 Å². The predicted octanol–water partition coefficient (Wildman–Crippen LogP) is 3.63. The van der Waals surface area contributed by atoms with E-state index in [1.165, 1.54) is 5.56 Å². The van der Waals surface area contributed by atoms with Gasteiger partial charge >= 0.3 is 5.97 Å². The Kier molecular flexibility index (Phi) is 5.36. The van der Waals surface area contributed by atoms with Crippen molar-refractivity contribution in [2.24, 2.45) is 11.8 Å². The third kappa shape index (κ3) is 3.97. The summed E-state index contributed by atoms with van der Waals surface area (Å²) in [5.41, 5.74) is 3.00. The van der Waals surface area contributed by atoms with E-state index in [0.29, 0.717) is 12.8 Å². The maximum absolute atomic E-state index is 12.4. The van der Waals surface area contributed by atoms with Crippen molar-refractivity contribution in [3.05, 3.63) is 41.5 Å². The van der Waals surface area contributed by atoms with Crippen molar-refractivity contribution in [2.75, 3.05) is 5.32 Å². The minimum Gasteiger partial charge on any atom is -0.481 e. The number of hydrogen-bond donors (Lipinski definition) is 2. The summed E-state index contributed by atoms with van der Waals surface area (Å²) in [5, 5.41) is 12.2. The molecule has 1 aliphatic rings. The molecule has 1 aromatic rings. The fourth-order valence-corrected chi connectivity index (χ4v) is 2.89. The standard InChI is InChI=1S/C18H23NO3/c1-3-4-13-6-8-14(9-7-13)19-17(20)15-10-5-12(2)11-16(15)18(21)22/h5-9,15-16H,3-4,10-11H2,1-2H3,(H,19,20)(H,21,22). The molecule has 0 aromatic heterocycles.